The van der Waals surface area contributed by atoms with Gasteiger partial charge < -0.3 is 15.0 Å². The molecule has 0 fully saturated rings. The summed E-state index contributed by atoms with van der Waals surface area (Å²) in [6.07, 6.45) is 1.33. The highest BCUT2D eigenvalue weighted by atomic mass is 16.4. The largest absolute Gasteiger partial charge is 0.476 e. The number of rotatable bonds is 2. The average molecular weight is 183 g/mol. The van der Waals surface area contributed by atoms with Crippen LogP contribution < -0.4 is 5.32 Å². The number of carboxylic acid groups (broad SMARTS) is 1. The smallest absolute Gasteiger partial charge is 0.356 e. The molecule has 6 heteroatoms. The van der Waals surface area contributed by atoms with Gasteiger partial charge in [0.1, 0.15) is 0 Å². The summed E-state index contributed by atoms with van der Waals surface area (Å²) in [7, 11) is 1.54. The zero-order valence-corrected chi connectivity index (χ0v) is 7.24. The molecule has 0 saturated heterocycles. The van der Waals surface area contributed by atoms with Gasteiger partial charge in [-0.15, -0.1) is 0 Å². The van der Waals surface area contributed by atoms with Gasteiger partial charge in [0.05, 0.1) is 6.33 Å². The van der Waals surface area contributed by atoms with Crippen molar-refractivity contribution in [2.24, 2.45) is 7.05 Å². The first-order chi connectivity index (χ1) is 6.02. The van der Waals surface area contributed by atoms with Crippen molar-refractivity contribution in [2.75, 3.05) is 5.32 Å². The fraction of sp³-hybridized carbons (Fsp3) is 0.286. The third kappa shape index (κ3) is 1.84. The minimum absolute atomic E-state index is 0.0322. The highest BCUT2D eigenvalue weighted by Crippen LogP contribution is 2.11. The SMILES string of the molecule is CC(=O)Nc1ncn(C)c1C(=O)O. The Kier molecular flexibility index (Phi) is 2.32. The molecule has 1 aromatic rings. The lowest BCUT2D eigenvalue weighted by molar-refractivity contribution is -0.114. The molecule has 0 aliphatic heterocycles. The molecule has 1 amide bonds. The van der Waals surface area contributed by atoms with Gasteiger partial charge in [-0.3, -0.25) is 4.79 Å². The van der Waals surface area contributed by atoms with E-state index in [1.165, 1.54) is 17.8 Å². The van der Waals surface area contributed by atoms with Crippen LogP contribution in [0, 0.1) is 0 Å². The second-order valence-corrected chi connectivity index (χ2v) is 2.54. The summed E-state index contributed by atoms with van der Waals surface area (Å²) < 4.78 is 1.33. The van der Waals surface area contributed by atoms with E-state index in [9.17, 15) is 9.59 Å². The van der Waals surface area contributed by atoms with Crippen molar-refractivity contribution in [2.45, 2.75) is 6.92 Å². The summed E-state index contributed by atoms with van der Waals surface area (Å²) in [4.78, 5) is 25.0. The van der Waals surface area contributed by atoms with Crippen LogP contribution in [0.5, 0.6) is 0 Å². The van der Waals surface area contributed by atoms with Crippen LogP contribution in [0.2, 0.25) is 0 Å². The molecule has 1 heterocycles. The maximum atomic E-state index is 10.7. The van der Waals surface area contributed by atoms with E-state index in [2.05, 4.69) is 10.3 Å². The average Bonchev–Trinajstić information content (AvgIpc) is 2.30. The van der Waals surface area contributed by atoms with Crippen molar-refractivity contribution in [1.82, 2.24) is 9.55 Å². The van der Waals surface area contributed by atoms with Gasteiger partial charge in [0.15, 0.2) is 11.5 Å². The van der Waals surface area contributed by atoms with Crippen molar-refractivity contribution < 1.29 is 14.7 Å². The van der Waals surface area contributed by atoms with Crippen LogP contribution in [-0.4, -0.2) is 26.5 Å². The first-order valence-corrected chi connectivity index (χ1v) is 3.54. The van der Waals surface area contributed by atoms with Gasteiger partial charge >= 0.3 is 5.97 Å². The Morgan fingerprint density at radius 2 is 2.23 bits per heavy atom. The lowest BCUT2D eigenvalue weighted by Gasteiger charge is -2.00. The Labute approximate surface area is 74.2 Å². The van der Waals surface area contributed by atoms with Crippen LogP contribution >= 0.6 is 0 Å². The summed E-state index contributed by atoms with van der Waals surface area (Å²) >= 11 is 0. The second-order valence-electron chi connectivity index (χ2n) is 2.54. The Balaban J connectivity index is 3.07. The van der Waals surface area contributed by atoms with Gasteiger partial charge in [0, 0.05) is 14.0 Å². The number of nitrogens with one attached hydrogen (secondary N) is 1. The number of carboxylic acids is 1. The summed E-state index contributed by atoms with van der Waals surface area (Å²) in [6, 6.07) is 0. The van der Waals surface area contributed by atoms with E-state index in [-0.39, 0.29) is 17.4 Å². The molecule has 0 aromatic carbocycles. The van der Waals surface area contributed by atoms with Crippen LogP contribution in [0.3, 0.4) is 0 Å². The number of aromatic nitrogens is 2. The number of aryl methyl sites for hydroxylation is 1. The van der Waals surface area contributed by atoms with E-state index < -0.39 is 5.97 Å². The molecule has 0 saturated carbocycles. The highest BCUT2D eigenvalue weighted by molar-refractivity contribution is 5.97. The molecule has 1 rings (SSSR count). The first-order valence-electron chi connectivity index (χ1n) is 3.54. The van der Waals surface area contributed by atoms with Gasteiger partial charge in [-0.25, -0.2) is 9.78 Å². The quantitative estimate of drug-likeness (QED) is 0.679. The molecular weight excluding hydrogens is 174 g/mol. The predicted octanol–water partition coefficient (Wildman–Crippen LogP) is 0.0767. The molecule has 13 heavy (non-hydrogen) atoms. The number of nitrogens with zero attached hydrogens (tertiary/aromatic N) is 2. The van der Waals surface area contributed by atoms with Crippen LogP contribution in [0.4, 0.5) is 5.82 Å². The molecule has 6 nitrogen and oxygen atoms in total. The van der Waals surface area contributed by atoms with Crippen molar-refractivity contribution in [1.29, 1.82) is 0 Å². The molecule has 0 aliphatic rings. The van der Waals surface area contributed by atoms with Crippen molar-refractivity contribution >= 4 is 17.7 Å². The van der Waals surface area contributed by atoms with E-state index in [1.807, 2.05) is 0 Å². The minimum atomic E-state index is -1.12. The third-order valence-corrected chi connectivity index (χ3v) is 1.43. The monoisotopic (exact) mass is 183 g/mol. The molecule has 1 aromatic heterocycles. The third-order valence-electron chi connectivity index (χ3n) is 1.43. The number of anilines is 1. The number of imidazole rings is 1. The van der Waals surface area contributed by atoms with Crippen molar-refractivity contribution in [3.05, 3.63) is 12.0 Å². The normalized spacial score (nSPS) is 9.69. The zero-order valence-electron chi connectivity index (χ0n) is 7.24. The number of hydrogen-bond donors (Lipinski definition) is 2. The van der Waals surface area contributed by atoms with Gasteiger partial charge in [-0.05, 0) is 0 Å². The molecular formula is C7H9N3O3. The van der Waals surface area contributed by atoms with Crippen molar-refractivity contribution in [3.63, 3.8) is 0 Å². The standard InChI is InChI=1S/C7H9N3O3/c1-4(11)9-6-5(7(12)13)10(2)3-8-6/h3H,1-2H3,(H,9,11)(H,12,13). The van der Waals surface area contributed by atoms with E-state index >= 15 is 0 Å². The zero-order chi connectivity index (χ0) is 10.0. The summed E-state index contributed by atoms with van der Waals surface area (Å²) in [5.41, 5.74) is -0.0322. The highest BCUT2D eigenvalue weighted by Gasteiger charge is 2.16. The summed E-state index contributed by atoms with van der Waals surface area (Å²) in [5, 5.41) is 11.1. The molecule has 0 radical (unpaired) electrons. The minimum Gasteiger partial charge on any atom is -0.476 e. The van der Waals surface area contributed by atoms with Gasteiger partial charge in [-0.2, -0.15) is 0 Å². The molecule has 0 aliphatic carbocycles. The topological polar surface area (TPSA) is 84.2 Å². The number of amides is 1. The maximum absolute atomic E-state index is 10.7. The first kappa shape index (κ1) is 9.24. The summed E-state index contributed by atoms with van der Waals surface area (Å²) in [5.74, 6) is -1.40. The Bertz CT molecular complexity index is 356. The molecule has 2 N–H and O–H groups in total. The van der Waals surface area contributed by atoms with Crippen LogP contribution in [-0.2, 0) is 11.8 Å². The fourth-order valence-corrected chi connectivity index (χ4v) is 0.941. The van der Waals surface area contributed by atoms with Gasteiger partial charge in [-0.1, -0.05) is 0 Å². The van der Waals surface area contributed by atoms with Crippen LogP contribution in [0.25, 0.3) is 0 Å². The number of aromatic carboxylic acids is 1. The molecule has 0 spiro atoms. The number of carbonyl (C=O) groups is 2. The molecule has 0 unspecified atom stereocenters. The van der Waals surface area contributed by atoms with Gasteiger partial charge in [0.25, 0.3) is 0 Å². The molecule has 0 atom stereocenters. The Morgan fingerprint density at radius 1 is 1.62 bits per heavy atom. The van der Waals surface area contributed by atoms with Crippen molar-refractivity contribution in [3.8, 4) is 0 Å². The van der Waals surface area contributed by atoms with E-state index in [1.54, 1.807) is 7.05 Å². The van der Waals surface area contributed by atoms with E-state index in [0.717, 1.165) is 0 Å². The summed E-state index contributed by atoms with van der Waals surface area (Å²) in [6.45, 7) is 1.29. The lowest BCUT2D eigenvalue weighted by Crippen LogP contribution is -2.12. The Morgan fingerprint density at radius 3 is 2.69 bits per heavy atom. The molecule has 70 valence electrons. The predicted molar refractivity (Wildman–Crippen MR) is 44.5 cm³/mol. The van der Waals surface area contributed by atoms with E-state index in [0.29, 0.717) is 0 Å². The van der Waals surface area contributed by atoms with Gasteiger partial charge in [0.2, 0.25) is 5.91 Å². The number of hydrogen-bond acceptors (Lipinski definition) is 3. The van der Waals surface area contributed by atoms with Crippen LogP contribution in [0.1, 0.15) is 17.4 Å². The molecule has 0 bridgehead atoms. The number of carbonyl (C=O) groups excluding carboxylic acids is 1. The van der Waals surface area contributed by atoms with Crippen LogP contribution in [0.15, 0.2) is 6.33 Å². The van der Waals surface area contributed by atoms with E-state index in [4.69, 9.17) is 5.11 Å². The maximum Gasteiger partial charge on any atom is 0.356 e. The Hall–Kier alpha value is -1.85. The second kappa shape index (κ2) is 3.26. The lowest BCUT2D eigenvalue weighted by atomic mass is 10.4. The fourth-order valence-electron chi connectivity index (χ4n) is 0.941.